The molecule has 86 valence electrons. The maximum Gasteiger partial charge on any atom is 0.101 e. The van der Waals surface area contributed by atoms with Crippen LogP contribution in [0.2, 0.25) is 5.02 Å². The third-order valence-electron chi connectivity index (χ3n) is 2.19. The Morgan fingerprint density at radius 2 is 2.18 bits per heavy atom. The molecule has 1 aromatic heterocycles. The van der Waals surface area contributed by atoms with Gasteiger partial charge in [-0.15, -0.1) is 11.3 Å². The maximum absolute atomic E-state index is 8.76. The largest absolute Gasteiger partial charge is 0.380 e. The third kappa shape index (κ3) is 3.22. The van der Waals surface area contributed by atoms with E-state index < -0.39 is 0 Å². The monoisotopic (exact) mass is 326 g/mol. The van der Waals surface area contributed by atoms with Crippen LogP contribution in [0.15, 0.2) is 34.1 Å². The Kier molecular flexibility index (Phi) is 4.06. The molecule has 1 heterocycles. The Morgan fingerprint density at radius 3 is 2.76 bits per heavy atom. The van der Waals surface area contributed by atoms with Crippen LogP contribution in [0.5, 0.6) is 0 Å². The van der Waals surface area contributed by atoms with Gasteiger partial charge >= 0.3 is 0 Å². The lowest BCUT2D eigenvalue weighted by atomic mass is 10.2. The molecule has 0 aliphatic heterocycles. The predicted octanol–water partition coefficient (Wildman–Crippen LogP) is 4.65. The van der Waals surface area contributed by atoms with Crippen molar-refractivity contribution in [1.29, 1.82) is 5.26 Å². The average molecular weight is 328 g/mol. The van der Waals surface area contributed by atoms with Gasteiger partial charge in [0.05, 0.1) is 14.4 Å². The van der Waals surface area contributed by atoms with Gasteiger partial charge in [0.2, 0.25) is 0 Å². The van der Waals surface area contributed by atoms with Crippen molar-refractivity contribution in [3.63, 3.8) is 0 Å². The van der Waals surface area contributed by atoms with Crippen LogP contribution in [-0.4, -0.2) is 0 Å². The molecule has 0 bridgehead atoms. The number of hydrogen-bond donors (Lipinski definition) is 1. The Balaban J connectivity index is 2.05. The van der Waals surface area contributed by atoms with Crippen LogP contribution in [0.3, 0.4) is 0 Å². The minimum absolute atomic E-state index is 0.477. The summed E-state index contributed by atoms with van der Waals surface area (Å²) in [7, 11) is 0. The number of halogens is 2. The molecule has 0 saturated carbocycles. The van der Waals surface area contributed by atoms with Gasteiger partial charge in [-0.05, 0) is 46.3 Å². The molecule has 0 saturated heterocycles. The van der Waals surface area contributed by atoms with Crippen molar-refractivity contribution in [2.24, 2.45) is 0 Å². The van der Waals surface area contributed by atoms with Crippen molar-refractivity contribution in [1.82, 2.24) is 0 Å². The molecule has 0 spiro atoms. The van der Waals surface area contributed by atoms with E-state index in [1.165, 1.54) is 4.88 Å². The lowest BCUT2D eigenvalue weighted by molar-refractivity contribution is 1.19. The molecule has 0 aliphatic carbocycles. The quantitative estimate of drug-likeness (QED) is 0.891. The zero-order chi connectivity index (χ0) is 12.3. The SMILES string of the molecule is N#Cc1ccc(NCc2ccc(Br)s2)cc1Cl. The van der Waals surface area contributed by atoms with Crippen molar-refractivity contribution in [3.8, 4) is 6.07 Å². The first kappa shape index (κ1) is 12.4. The molecular weight excluding hydrogens is 320 g/mol. The van der Waals surface area contributed by atoms with Gasteiger partial charge in [-0.3, -0.25) is 0 Å². The molecule has 0 unspecified atom stereocenters. The first-order valence-electron chi connectivity index (χ1n) is 4.87. The van der Waals surface area contributed by atoms with Crippen molar-refractivity contribution >= 4 is 44.6 Å². The summed E-state index contributed by atoms with van der Waals surface area (Å²) in [5, 5.41) is 12.5. The Labute approximate surface area is 117 Å². The molecule has 0 atom stereocenters. The van der Waals surface area contributed by atoms with Crippen LogP contribution >= 0.6 is 38.9 Å². The predicted molar refractivity (Wildman–Crippen MR) is 75.5 cm³/mol. The highest BCUT2D eigenvalue weighted by Crippen LogP contribution is 2.24. The van der Waals surface area contributed by atoms with Gasteiger partial charge in [0.25, 0.3) is 0 Å². The minimum atomic E-state index is 0.477. The Hall–Kier alpha value is -1.02. The van der Waals surface area contributed by atoms with Crippen molar-refractivity contribution in [3.05, 3.63) is 49.6 Å². The normalized spacial score (nSPS) is 9.94. The van der Waals surface area contributed by atoms with E-state index in [1.54, 1.807) is 23.5 Å². The number of nitrogens with zero attached hydrogens (tertiary/aromatic N) is 1. The molecule has 2 nitrogen and oxygen atoms in total. The van der Waals surface area contributed by atoms with Gasteiger partial charge in [-0.25, -0.2) is 0 Å². The number of nitriles is 1. The summed E-state index contributed by atoms with van der Waals surface area (Å²) < 4.78 is 1.12. The number of anilines is 1. The second-order valence-corrected chi connectivity index (χ2v) is 6.32. The summed E-state index contributed by atoms with van der Waals surface area (Å²) in [5.74, 6) is 0. The van der Waals surface area contributed by atoms with Crippen LogP contribution < -0.4 is 5.32 Å². The van der Waals surface area contributed by atoms with E-state index in [-0.39, 0.29) is 0 Å². The lowest BCUT2D eigenvalue weighted by Crippen LogP contribution is -1.97. The van der Waals surface area contributed by atoms with E-state index in [2.05, 4.69) is 27.3 Å². The molecule has 2 aromatic rings. The van der Waals surface area contributed by atoms with Crippen LogP contribution in [0.4, 0.5) is 5.69 Å². The highest BCUT2D eigenvalue weighted by atomic mass is 79.9. The van der Waals surface area contributed by atoms with Crippen LogP contribution in [0.25, 0.3) is 0 Å². The van der Waals surface area contributed by atoms with Crippen LogP contribution in [0.1, 0.15) is 10.4 Å². The van der Waals surface area contributed by atoms with Crippen molar-refractivity contribution in [2.75, 3.05) is 5.32 Å². The Morgan fingerprint density at radius 1 is 1.35 bits per heavy atom. The third-order valence-corrected chi connectivity index (χ3v) is 4.12. The molecule has 0 amide bonds. The smallest absolute Gasteiger partial charge is 0.101 e. The number of nitrogens with one attached hydrogen (secondary N) is 1. The zero-order valence-electron chi connectivity index (χ0n) is 8.71. The molecular formula is C12H8BrClN2S. The van der Waals surface area contributed by atoms with E-state index in [4.69, 9.17) is 16.9 Å². The van der Waals surface area contributed by atoms with E-state index in [9.17, 15) is 0 Å². The highest BCUT2D eigenvalue weighted by Gasteiger charge is 2.02. The topological polar surface area (TPSA) is 35.8 Å². The van der Waals surface area contributed by atoms with Crippen LogP contribution in [0, 0.1) is 11.3 Å². The molecule has 2 rings (SSSR count). The summed E-state index contributed by atoms with van der Waals surface area (Å²) >= 11 is 11.1. The number of benzene rings is 1. The molecule has 0 aliphatic rings. The highest BCUT2D eigenvalue weighted by molar-refractivity contribution is 9.11. The van der Waals surface area contributed by atoms with Gasteiger partial charge < -0.3 is 5.32 Å². The van der Waals surface area contributed by atoms with Gasteiger partial charge in [0, 0.05) is 17.1 Å². The van der Waals surface area contributed by atoms with E-state index >= 15 is 0 Å². The maximum atomic E-state index is 8.76. The standard InChI is InChI=1S/C12H8BrClN2S/c13-12-4-3-10(17-12)7-16-9-2-1-8(6-15)11(14)5-9/h1-5,16H,7H2. The number of rotatable bonds is 3. The van der Waals surface area contributed by atoms with Crippen molar-refractivity contribution in [2.45, 2.75) is 6.54 Å². The second kappa shape index (κ2) is 5.54. The molecule has 17 heavy (non-hydrogen) atoms. The van der Waals surface area contributed by atoms with Gasteiger partial charge in [-0.1, -0.05) is 11.6 Å². The van der Waals surface area contributed by atoms with Crippen LogP contribution in [-0.2, 0) is 6.54 Å². The fourth-order valence-electron chi connectivity index (χ4n) is 1.35. The second-order valence-electron chi connectivity index (χ2n) is 3.37. The summed E-state index contributed by atoms with van der Waals surface area (Å²) in [6.07, 6.45) is 0. The minimum Gasteiger partial charge on any atom is -0.380 e. The molecule has 0 fully saturated rings. The fraction of sp³-hybridized carbons (Fsp3) is 0.0833. The fourth-order valence-corrected chi connectivity index (χ4v) is 3.00. The summed E-state index contributed by atoms with van der Waals surface area (Å²) in [4.78, 5) is 1.23. The van der Waals surface area contributed by atoms with Gasteiger partial charge in [0.1, 0.15) is 6.07 Å². The van der Waals surface area contributed by atoms with E-state index in [0.717, 1.165) is 16.0 Å². The Bertz CT molecular complexity index is 574. The van der Waals surface area contributed by atoms with E-state index in [1.807, 2.05) is 18.2 Å². The van der Waals surface area contributed by atoms with Gasteiger partial charge in [0.15, 0.2) is 0 Å². The lowest BCUT2D eigenvalue weighted by Gasteiger charge is -2.05. The first-order chi connectivity index (χ1) is 8.19. The summed E-state index contributed by atoms with van der Waals surface area (Å²) in [6.45, 7) is 0.749. The van der Waals surface area contributed by atoms with E-state index in [0.29, 0.717) is 10.6 Å². The van der Waals surface area contributed by atoms with Gasteiger partial charge in [-0.2, -0.15) is 5.26 Å². The molecule has 1 N–H and O–H groups in total. The average Bonchev–Trinajstić information content (AvgIpc) is 2.73. The summed E-state index contributed by atoms with van der Waals surface area (Å²) in [5.41, 5.74) is 1.41. The number of hydrogen-bond acceptors (Lipinski definition) is 3. The molecule has 5 heteroatoms. The van der Waals surface area contributed by atoms with Crippen molar-refractivity contribution < 1.29 is 0 Å². The molecule has 0 radical (unpaired) electrons. The zero-order valence-corrected chi connectivity index (χ0v) is 11.9. The molecule has 1 aromatic carbocycles. The number of thiophene rings is 1. The summed E-state index contributed by atoms with van der Waals surface area (Å²) in [6, 6.07) is 11.5. The first-order valence-corrected chi connectivity index (χ1v) is 6.85.